The highest BCUT2D eigenvalue weighted by molar-refractivity contribution is 7.17. The molecule has 2 aliphatic rings. The second kappa shape index (κ2) is 6.93. The van der Waals surface area contributed by atoms with E-state index >= 15 is 0 Å². The minimum absolute atomic E-state index is 0.222. The minimum Gasteiger partial charge on any atom is -0.299 e. The molecule has 0 saturated carbocycles. The van der Waals surface area contributed by atoms with Gasteiger partial charge in [0.25, 0.3) is 5.66 Å². The van der Waals surface area contributed by atoms with Crippen LogP contribution in [0.5, 0.6) is 0 Å². The summed E-state index contributed by atoms with van der Waals surface area (Å²) in [5.74, 6) is 0. The molecule has 0 N–H and O–H groups in total. The van der Waals surface area contributed by atoms with E-state index in [9.17, 15) is 8.78 Å². The summed E-state index contributed by atoms with van der Waals surface area (Å²) >= 11 is 0. The van der Waals surface area contributed by atoms with E-state index in [0.29, 0.717) is 6.54 Å². The van der Waals surface area contributed by atoms with Crippen molar-refractivity contribution in [1.29, 1.82) is 0 Å². The zero-order chi connectivity index (χ0) is 15.6. The molecule has 1 unspecified atom stereocenters. The highest BCUT2D eigenvalue weighted by atomic mass is 31.0. The lowest BCUT2D eigenvalue weighted by Crippen LogP contribution is -2.28. The number of benzene rings is 1. The number of aryl methyl sites for hydroxylation is 1. The van der Waals surface area contributed by atoms with Crippen molar-refractivity contribution in [3.05, 3.63) is 34.4 Å². The Morgan fingerprint density at radius 3 is 2.32 bits per heavy atom. The molecule has 1 nitrogen and oxygen atoms in total. The van der Waals surface area contributed by atoms with Crippen LogP contribution in [0.4, 0.5) is 8.78 Å². The first kappa shape index (κ1) is 16.3. The van der Waals surface area contributed by atoms with Gasteiger partial charge in [0, 0.05) is 12.1 Å². The molecule has 122 valence electrons. The van der Waals surface area contributed by atoms with E-state index in [2.05, 4.69) is 4.90 Å². The summed E-state index contributed by atoms with van der Waals surface area (Å²) in [7, 11) is 1.73. The van der Waals surface area contributed by atoms with Crippen LogP contribution in [-0.4, -0.2) is 18.0 Å². The third-order valence-corrected chi connectivity index (χ3v) is 5.40. The van der Waals surface area contributed by atoms with Gasteiger partial charge < -0.3 is 0 Å². The second-order valence-electron chi connectivity index (χ2n) is 6.75. The molecule has 22 heavy (non-hydrogen) atoms. The molecule has 1 aromatic rings. The summed E-state index contributed by atoms with van der Waals surface area (Å²) in [4.78, 5) is 2.40. The summed E-state index contributed by atoms with van der Waals surface area (Å²) in [6.07, 6.45) is 9.38. The molecule has 1 atom stereocenters. The fraction of sp³-hybridized carbons (Fsp3) is 0.667. The quantitative estimate of drug-likeness (QED) is 0.717. The number of hydrogen-bond acceptors (Lipinski definition) is 1. The van der Waals surface area contributed by atoms with Gasteiger partial charge in [-0.2, -0.15) is 8.78 Å². The number of likely N-dealkylation sites (tertiary alicyclic amines) is 1. The zero-order valence-electron chi connectivity index (χ0n) is 13.2. The molecule has 0 bridgehead atoms. The zero-order valence-corrected chi connectivity index (χ0v) is 14.4. The second-order valence-corrected chi connectivity index (χ2v) is 7.47. The molecule has 4 heteroatoms. The lowest BCUT2D eigenvalue weighted by molar-refractivity contribution is 0.101. The Morgan fingerprint density at radius 2 is 1.64 bits per heavy atom. The average molecular weight is 325 g/mol. The fourth-order valence-corrected chi connectivity index (χ4v) is 4.20. The maximum absolute atomic E-state index is 14.0. The lowest BCUT2D eigenvalue weighted by Gasteiger charge is -2.28. The predicted molar refractivity (Wildman–Crippen MR) is 90.4 cm³/mol. The molecule has 0 amide bonds. The van der Waals surface area contributed by atoms with E-state index in [0.717, 1.165) is 37.9 Å². The topological polar surface area (TPSA) is 3.24 Å². The van der Waals surface area contributed by atoms with Crippen molar-refractivity contribution >= 4 is 9.24 Å². The van der Waals surface area contributed by atoms with E-state index in [1.165, 1.54) is 43.2 Å². The van der Waals surface area contributed by atoms with Crippen molar-refractivity contribution in [3.8, 4) is 0 Å². The Labute approximate surface area is 134 Å². The van der Waals surface area contributed by atoms with E-state index in [-0.39, 0.29) is 5.56 Å². The van der Waals surface area contributed by atoms with Crippen LogP contribution in [0.25, 0.3) is 0 Å². The van der Waals surface area contributed by atoms with Gasteiger partial charge in [0.05, 0.1) is 0 Å². The Hall–Kier alpha value is -0.530. The van der Waals surface area contributed by atoms with Gasteiger partial charge in [0.2, 0.25) is 0 Å². The molecule has 1 saturated heterocycles. The molecule has 1 aromatic carbocycles. The smallest absolute Gasteiger partial charge is 0.284 e. The third-order valence-electron chi connectivity index (χ3n) is 5.09. The molecule has 1 fully saturated rings. The first-order valence-electron chi connectivity index (χ1n) is 8.59. The largest absolute Gasteiger partial charge is 0.299 e. The van der Waals surface area contributed by atoms with Gasteiger partial charge in [0.15, 0.2) is 0 Å². The van der Waals surface area contributed by atoms with Crippen molar-refractivity contribution in [2.24, 2.45) is 0 Å². The number of fused-ring (bicyclic) bond motifs is 1. The van der Waals surface area contributed by atoms with Gasteiger partial charge in [-0.3, -0.25) is 4.90 Å². The Kier molecular flexibility index (Phi) is 5.14. The monoisotopic (exact) mass is 325 g/mol. The third kappa shape index (κ3) is 3.68. The summed E-state index contributed by atoms with van der Waals surface area (Å²) in [6, 6.07) is 3.59. The van der Waals surface area contributed by atoms with Gasteiger partial charge in [-0.05, 0) is 61.9 Å². The van der Waals surface area contributed by atoms with Crippen LogP contribution in [0.2, 0.25) is 0 Å². The Balaban J connectivity index is 1.89. The Bertz CT molecular complexity index is 517. The summed E-state index contributed by atoms with van der Waals surface area (Å²) in [5.41, 5.74) is 0.813. The molecule has 3 rings (SSSR count). The highest BCUT2D eigenvalue weighted by Gasteiger charge is 2.31. The minimum atomic E-state index is -2.82. The fourth-order valence-electron chi connectivity index (χ4n) is 3.93. The van der Waals surface area contributed by atoms with E-state index < -0.39 is 5.66 Å². The normalized spacial score (nSPS) is 20.5. The molecule has 1 aliphatic heterocycles. The number of hydrogen-bond donors (Lipinski definition) is 0. The van der Waals surface area contributed by atoms with Crippen molar-refractivity contribution < 1.29 is 8.78 Å². The van der Waals surface area contributed by atoms with Crippen LogP contribution in [0.1, 0.15) is 60.8 Å². The Morgan fingerprint density at radius 1 is 0.955 bits per heavy atom. The van der Waals surface area contributed by atoms with Crippen molar-refractivity contribution in [3.63, 3.8) is 0 Å². The maximum atomic E-state index is 14.0. The molecule has 0 spiro atoms. The van der Waals surface area contributed by atoms with Crippen LogP contribution >= 0.6 is 9.24 Å². The van der Waals surface area contributed by atoms with Gasteiger partial charge in [-0.1, -0.05) is 40.6 Å². The van der Waals surface area contributed by atoms with Crippen LogP contribution in [0.15, 0.2) is 12.1 Å². The SMILES string of the molecule is FC(F)(P)c1ccc2c(c1CN1CCCCCCC1)CCC2. The standard InChI is InChI=1S/C18H26F2NP/c19-18(20,22)17-10-9-14-7-6-8-15(14)16(17)13-21-11-4-2-1-3-5-12-21/h9-10H,1-8,11-13,22H2. The van der Waals surface area contributed by atoms with Gasteiger partial charge in [-0.15, -0.1) is 0 Å². The van der Waals surface area contributed by atoms with Gasteiger partial charge in [-0.25, -0.2) is 0 Å². The van der Waals surface area contributed by atoms with Crippen LogP contribution in [-0.2, 0) is 25.1 Å². The predicted octanol–water partition coefficient (Wildman–Crippen LogP) is 4.87. The number of halogens is 2. The first-order chi connectivity index (χ1) is 10.6. The number of rotatable bonds is 3. The summed E-state index contributed by atoms with van der Waals surface area (Å²) < 4.78 is 28.1. The van der Waals surface area contributed by atoms with Crippen molar-refractivity contribution in [2.75, 3.05) is 13.1 Å². The van der Waals surface area contributed by atoms with Gasteiger partial charge >= 0.3 is 0 Å². The lowest BCUT2D eigenvalue weighted by atomic mass is 9.96. The van der Waals surface area contributed by atoms with E-state index in [1.807, 2.05) is 6.07 Å². The molecule has 0 radical (unpaired) electrons. The van der Waals surface area contributed by atoms with Crippen LogP contribution in [0.3, 0.4) is 0 Å². The van der Waals surface area contributed by atoms with Crippen LogP contribution in [0, 0.1) is 0 Å². The molecular formula is C18H26F2NP. The number of nitrogens with zero attached hydrogens (tertiary/aromatic N) is 1. The molecule has 1 aliphatic carbocycles. The molecule has 1 heterocycles. The molecule has 0 aromatic heterocycles. The van der Waals surface area contributed by atoms with E-state index in [4.69, 9.17) is 0 Å². The highest BCUT2D eigenvalue weighted by Crippen LogP contribution is 2.41. The maximum Gasteiger partial charge on any atom is 0.284 e. The van der Waals surface area contributed by atoms with Gasteiger partial charge in [0.1, 0.15) is 0 Å². The van der Waals surface area contributed by atoms with Crippen molar-refractivity contribution in [1.82, 2.24) is 4.90 Å². The van der Waals surface area contributed by atoms with Crippen molar-refractivity contribution in [2.45, 2.75) is 63.6 Å². The van der Waals surface area contributed by atoms with E-state index in [1.54, 1.807) is 15.3 Å². The number of alkyl halides is 2. The average Bonchev–Trinajstić information content (AvgIpc) is 2.89. The summed E-state index contributed by atoms with van der Waals surface area (Å²) in [6.45, 7) is 2.79. The van der Waals surface area contributed by atoms with Crippen LogP contribution < -0.4 is 0 Å². The molecular weight excluding hydrogens is 299 g/mol. The summed E-state index contributed by atoms with van der Waals surface area (Å²) in [5, 5.41) is 0. The first-order valence-corrected chi connectivity index (χ1v) is 9.16.